The Balaban J connectivity index is 3.25. The van der Waals surface area contributed by atoms with Crippen molar-refractivity contribution in [2.45, 2.75) is 13.3 Å². The molecule has 0 unspecified atom stereocenters. The van der Waals surface area contributed by atoms with Gasteiger partial charge in [-0.25, -0.2) is 0 Å². The summed E-state index contributed by atoms with van der Waals surface area (Å²) < 4.78 is 0. The van der Waals surface area contributed by atoms with Crippen LogP contribution in [0.2, 0.25) is 0 Å². The second-order valence-electron chi connectivity index (χ2n) is 1.49. The molecule has 0 aromatic carbocycles. The number of hydrogen-bond donors (Lipinski definition) is 1. The van der Waals surface area contributed by atoms with E-state index in [1.807, 2.05) is 6.92 Å². The highest BCUT2D eigenvalue weighted by Gasteiger charge is 1.79. The third-order valence-electron chi connectivity index (χ3n) is 0.825. The maximum Gasteiger partial charge on any atom is 0.0861 e. The number of allylic oxidation sites excluding steroid dienone is 1. The summed E-state index contributed by atoms with van der Waals surface area (Å²) in [6.45, 7) is 5.75. The maximum atomic E-state index is 3.73. The SMILES string of the molecule is C=C(CC)N/C=N\C. The van der Waals surface area contributed by atoms with Gasteiger partial charge in [0.15, 0.2) is 0 Å². The largest absolute Gasteiger partial charge is 0.351 e. The molecule has 8 heavy (non-hydrogen) atoms. The molecule has 0 bridgehead atoms. The maximum absolute atomic E-state index is 3.73. The van der Waals surface area contributed by atoms with Gasteiger partial charge >= 0.3 is 0 Å². The molecule has 1 N–H and O–H groups in total. The van der Waals surface area contributed by atoms with Gasteiger partial charge in [0.2, 0.25) is 0 Å². The Morgan fingerprint density at radius 3 is 2.88 bits per heavy atom. The normalized spacial score (nSPS) is 9.75. The molecule has 0 fully saturated rings. The van der Waals surface area contributed by atoms with Crippen molar-refractivity contribution < 1.29 is 0 Å². The highest BCUT2D eigenvalue weighted by molar-refractivity contribution is 5.56. The molecule has 0 radical (unpaired) electrons. The fourth-order valence-electron chi connectivity index (χ4n) is 0.258. The highest BCUT2D eigenvalue weighted by Crippen LogP contribution is 1.85. The summed E-state index contributed by atoms with van der Waals surface area (Å²) >= 11 is 0. The Morgan fingerprint density at radius 2 is 2.50 bits per heavy atom. The summed E-state index contributed by atoms with van der Waals surface area (Å²) in [5, 5.41) is 2.90. The summed E-state index contributed by atoms with van der Waals surface area (Å²) in [5.74, 6) is 0. The van der Waals surface area contributed by atoms with Gasteiger partial charge in [-0.1, -0.05) is 13.5 Å². The lowest BCUT2D eigenvalue weighted by Crippen LogP contribution is -2.07. The molecule has 0 saturated heterocycles. The average Bonchev–Trinajstić information content (AvgIpc) is 1.83. The molecule has 2 nitrogen and oxygen atoms in total. The van der Waals surface area contributed by atoms with Gasteiger partial charge in [-0.05, 0) is 6.42 Å². The predicted octanol–water partition coefficient (Wildman–Crippen LogP) is 1.16. The van der Waals surface area contributed by atoms with Crippen molar-refractivity contribution in [1.82, 2.24) is 5.32 Å². The molecule has 0 aromatic rings. The van der Waals surface area contributed by atoms with Crippen LogP contribution >= 0.6 is 0 Å². The minimum atomic E-state index is 0.950. The molecule has 0 rings (SSSR count). The molecule has 0 aromatic heterocycles. The quantitative estimate of drug-likeness (QED) is 0.430. The van der Waals surface area contributed by atoms with Crippen molar-refractivity contribution in [2.75, 3.05) is 7.05 Å². The minimum Gasteiger partial charge on any atom is -0.351 e. The van der Waals surface area contributed by atoms with Crippen LogP contribution in [0.1, 0.15) is 13.3 Å². The molecule has 0 heterocycles. The van der Waals surface area contributed by atoms with Crippen molar-refractivity contribution in [1.29, 1.82) is 0 Å². The van der Waals surface area contributed by atoms with Crippen molar-refractivity contribution >= 4 is 6.34 Å². The van der Waals surface area contributed by atoms with E-state index in [1.165, 1.54) is 0 Å². The van der Waals surface area contributed by atoms with Gasteiger partial charge in [0.05, 0.1) is 6.34 Å². The van der Waals surface area contributed by atoms with Gasteiger partial charge in [-0.2, -0.15) is 0 Å². The summed E-state index contributed by atoms with van der Waals surface area (Å²) in [6, 6.07) is 0. The summed E-state index contributed by atoms with van der Waals surface area (Å²) in [5.41, 5.74) is 0.996. The first kappa shape index (κ1) is 7.21. The number of nitrogens with zero attached hydrogens (tertiary/aromatic N) is 1. The van der Waals surface area contributed by atoms with Crippen LogP contribution in [0.5, 0.6) is 0 Å². The van der Waals surface area contributed by atoms with Crippen LogP contribution in [-0.4, -0.2) is 13.4 Å². The lowest BCUT2D eigenvalue weighted by molar-refractivity contribution is 0.998. The molecule has 0 spiro atoms. The monoisotopic (exact) mass is 112 g/mol. The van der Waals surface area contributed by atoms with Gasteiger partial charge < -0.3 is 5.32 Å². The third-order valence-corrected chi connectivity index (χ3v) is 0.825. The lowest BCUT2D eigenvalue weighted by atomic mass is 10.4. The van der Waals surface area contributed by atoms with Crippen LogP contribution in [0, 0.1) is 0 Å². The second-order valence-corrected chi connectivity index (χ2v) is 1.49. The van der Waals surface area contributed by atoms with E-state index in [9.17, 15) is 0 Å². The Bertz CT molecular complexity index is 94.7. The van der Waals surface area contributed by atoms with Crippen LogP contribution in [0.4, 0.5) is 0 Å². The van der Waals surface area contributed by atoms with E-state index in [2.05, 4.69) is 16.9 Å². The van der Waals surface area contributed by atoms with Crippen LogP contribution in [0.3, 0.4) is 0 Å². The first-order chi connectivity index (χ1) is 3.81. The molecule has 2 heteroatoms. The number of rotatable bonds is 3. The van der Waals surface area contributed by atoms with Crippen LogP contribution in [-0.2, 0) is 0 Å². The van der Waals surface area contributed by atoms with E-state index in [0.29, 0.717) is 0 Å². The Labute approximate surface area is 50.3 Å². The van der Waals surface area contributed by atoms with Crippen molar-refractivity contribution in [3.8, 4) is 0 Å². The Morgan fingerprint density at radius 1 is 1.88 bits per heavy atom. The molecular formula is C6H12N2. The van der Waals surface area contributed by atoms with Gasteiger partial charge in [-0.15, -0.1) is 0 Å². The van der Waals surface area contributed by atoms with E-state index in [4.69, 9.17) is 0 Å². The van der Waals surface area contributed by atoms with Crippen molar-refractivity contribution in [2.24, 2.45) is 4.99 Å². The molecular weight excluding hydrogens is 100 g/mol. The van der Waals surface area contributed by atoms with E-state index in [1.54, 1.807) is 13.4 Å². The standard InChI is InChI=1S/C6H12N2/c1-4-6(2)8-5-7-3/h5H,2,4H2,1,3H3,(H,7,8). The van der Waals surface area contributed by atoms with Crippen LogP contribution < -0.4 is 5.32 Å². The second kappa shape index (κ2) is 4.37. The summed E-state index contributed by atoms with van der Waals surface area (Å²) in [7, 11) is 1.72. The van der Waals surface area contributed by atoms with Crippen LogP contribution in [0.25, 0.3) is 0 Å². The molecule has 46 valence electrons. The van der Waals surface area contributed by atoms with Crippen molar-refractivity contribution in [3.05, 3.63) is 12.3 Å². The zero-order valence-electron chi connectivity index (χ0n) is 5.44. The molecule has 0 aliphatic carbocycles. The first-order valence-electron chi connectivity index (χ1n) is 2.66. The van der Waals surface area contributed by atoms with E-state index >= 15 is 0 Å². The van der Waals surface area contributed by atoms with E-state index in [-0.39, 0.29) is 0 Å². The zero-order valence-corrected chi connectivity index (χ0v) is 5.44. The Kier molecular flexibility index (Phi) is 3.94. The van der Waals surface area contributed by atoms with Gasteiger partial charge in [0.1, 0.15) is 0 Å². The number of aliphatic imine (C=N–C) groups is 1. The van der Waals surface area contributed by atoms with Crippen LogP contribution in [0.15, 0.2) is 17.3 Å². The number of nitrogens with one attached hydrogen (secondary N) is 1. The summed E-state index contributed by atoms with van der Waals surface area (Å²) in [6.07, 6.45) is 2.58. The smallest absolute Gasteiger partial charge is 0.0861 e. The molecule has 0 aliphatic rings. The van der Waals surface area contributed by atoms with Gasteiger partial charge in [-0.3, -0.25) is 4.99 Å². The molecule has 0 amide bonds. The van der Waals surface area contributed by atoms with Gasteiger partial charge in [0.25, 0.3) is 0 Å². The topological polar surface area (TPSA) is 24.4 Å². The fourth-order valence-corrected chi connectivity index (χ4v) is 0.258. The average molecular weight is 112 g/mol. The van der Waals surface area contributed by atoms with E-state index < -0.39 is 0 Å². The molecule has 0 aliphatic heterocycles. The molecule has 0 atom stereocenters. The van der Waals surface area contributed by atoms with E-state index in [0.717, 1.165) is 12.1 Å². The Hall–Kier alpha value is -0.790. The predicted molar refractivity (Wildman–Crippen MR) is 37.0 cm³/mol. The molecule has 0 saturated carbocycles. The lowest BCUT2D eigenvalue weighted by Gasteiger charge is -1.96. The third kappa shape index (κ3) is 3.40. The zero-order chi connectivity index (χ0) is 6.41. The summed E-state index contributed by atoms with van der Waals surface area (Å²) in [4.78, 5) is 3.73. The highest BCUT2D eigenvalue weighted by atomic mass is 14.9. The first-order valence-corrected chi connectivity index (χ1v) is 2.66. The minimum absolute atomic E-state index is 0.950. The fraction of sp³-hybridized carbons (Fsp3) is 0.500. The number of hydrogen-bond acceptors (Lipinski definition) is 1. The van der Waals surface area contributed by atoms with Gasteiger partial charge in [0, 0.05) is 12.7 Å². The van der Waals surface area contributed by atoms with Crippen molar-refractivity contribution in [3.63, 3.8) is 0 Å².